The van der Waals surface area contributed by atoms with E-state index in [2.05, 4.69) is 31.1 Å². The maximum absolute atomic E-state index is 12.4. The SMILES string of the molecule is CNCC(C(=O)N(C)C1CCN(C)C1)C(C)C. The molecular formula is C13H27N3O. The summed E-state index contributed by atoms with van der Waals surface area (Å²) in [6.45, 7) is 7.11. The van der Waals surface area contributed by atoms with E-state index in [1.54, 1.807) is 0 Å². The molecular weight excluding hydrogens is 214 g/mol. The van der Waals surface area contributed by atoms with Gasteiger partial charge in [-0.2, -0.15) is 0 Å². The Hall–Kier alpha value is -0.610. The van der Waals surface area contributed by atoms with Crippen LogP contribution < -0.4 is 5.32 Å². The highest BCUT2D eigenvalue weighted by atomic mass is 16.2. The van der Waals surface area contributed by atoms with Gasteiger partial charge in [-0.25, -0.2) is 0 Å². The van der Waals surface area contributed by atoms with E-state index in [0.29, 0.717) is 12.0 Å². The number of nitrogens with one attached hydrogen (secondary N) is 1. The molecule has 1 rings (SSSR count). The van der Waals surface area contributed by atoms with Crippen LogP contribution in [0.25, 0.3) is 0 Å². The summed E-state index contributed by atoms with van der Waals surface area (Å²) in [5.41, 5.74) is 0. The molecule has 1 saturated heterocycles. The Morgan fingerprint density at radius 3 is 2.59 bits per heavy atom. The fourth-order valence-corrected chi connectivity index (χ4v) is 2.50. The Bertz CT molecular complexity index is 255. The molecule has 0 spiro atoms. The molecule has 1 heterocycles. The summed E-state index contributed by atoms with van der Waals surface area (Å²) in [4.78, 5) is 16.7. The van der Waals surface area contributed by atoms with Crippen molar-refractivity contribution in [2.24, 2.45) is 11.8 Å². The van der Waals surface area contributed by atoms with Crippen LogP contribution in [-0.2, 0) is 4.79 Å². The van der Waals surface area contributed by atoms with Crippen molar-refractivity contribution in [3.63, 3.8) is 0 Å². The van der Waals surface area contributed by atoms with E-state index in [9.17, 15) is 4.79 Å². The summed E-state index contributed by atoms with van der Waals surface area (Å²) in [6, 6.07) is 0.394. The summed E-state index contributed by atoms with van der Waals surface area (Å²) in [7, 11) is 5.98. The van der Waals surface area contributed by atoms with Crippen molar-refractivity contribution in [2.45, 2.75) is 26.3 Å². The zero-order valence-electron chi connectivity index (χ0n) is 11.9. The van der Waals surface area contributed by atoms with E-state index in [0.717, 1.165) is 26.1 Å². The van der Waals surface area contributed by atoms with Crippen LogP contribution in [0.15, 0.2) is 0 Å². The van der Waals surface area contributed by atoms with Crippen LogP contribution in [0.1, 0.15) is 20.3 Å². The summed E-state index contributed by atoms with van der Waals surface area (Å²) in [5, 5.41) is 3.13. The Labute approximate surface area is 105 Å². The molecule has 1 fully saturated rings. The molecule has 0 aliphatic carbocycles. The lowest BCUT2D eigenvalue weighted by Crippen LogP contribution is -2.45. The van der Waals surface area contributed by atoms with Gasteiger partial charge in [0.25, 0.3) is 0 Å². The molecule has 2 unspecified atom stereocenters. The Morgan fingerprint density at radius 2 is 2.18 bits per heavy atom. The van der Waals surface area contributed by atoms with Gasteiger partial charge in [-0.3, -0.25) is 4.79 Å². The molecule has 0 saturated carbocycles. The summed E-state index contributed by atoms with van der Waals surface area (Å²) < 4.78 is 0. The Balaban J connectivity index is 2.60. The second-order valence-corrected chi connectivity index (χ2v) is 5.56. The lowest BCUT2D eigenvalue weighted by molar-refractivity contribution is -0.137. The molecule has 2 atom stereocenters. The average Bonchev–Trinajstić information content (AvgIpc) is 2.70. The summed E-state index contributed by atoms with van der Waals surface area (Å²) >= 11 is 0. The van der Waals surface area contributed by atoms with Crippen LogP contribution >= 0.6 is 0 Å². The van der Waals surface area contributed by atoms with E-state index in [-0.39, 0.29) is 11.8 Å². The third kappa shape index (κ3) is 3.68. The number of likely N-dealkylation sites (tertiary alicyclic amines) is 1. The maximum atomic E-state index is 12.4. The van der Waals surface area contributed by atoms with Crippen molar-refractivity contribution in [1.29, 1.82) is 0 Å². The zero-order valence-corrected chi connectivity index (χ0v) is 11.9. The molecule has 100 valence electrons. The minimum Gasteiger partial charge on any atom is -0.341 e. The molecule has 17 heavy (non-hydrogen) atoms. The van der Waals surface area contributed by atoms with Gasteiger partial charge in [-0.1, -0.05) is 13.8 Å². The monoisotopic (exact) mass is 241 g/mol. The summed E-state index contributed by atoms with van der Waals surface area (Å²) in [5.74, 6) is 0.766. The number of carbonyl (C=O) groups excluding carboxylic acids is 1. The van der Waals surface area contributed by atoms with Gasteiger partial charge in [0.05, 0.1) is 5.92 Å². The topological polar surface area (TPSA) is 35.6 Å². The molecule has 1 amide bonds. The van der Waals surface area contributed by atoms with Gasteiger partial charge in [0, 0.05) is 26.2 Å². The van der Waals surface area contributed by atoms with Crippen LogP contribution in [0.4, 0.5) is 0 Å². The largest absolute Gasteiger partial charge is 0.341 e. The number of rotatable bonds is 5. The highest BCUT2D eigenvalue weighted by Gasteiger charge is 2.31. The van der Waals surface area contributed by atoms with Crippen molar-refractivity contribution < 1.29 is 4.79 Å². The minimum atomic E-state index is 0.0934. The van der Waals surface area contributed by atoms with E-state index < -0.39 is 0 Å². The van der Waals surface area contributed by atoms with Crippen molar-refractivity contribution >= 4 is 5.91 Å². The van der Waals surface area contributed by atoms with E-state index in [1.165, 1.54) is 0 Å². The number of amides is 1. The minimum absolute atomic E-state index is 0.0934. The highest BCUT2D eigenvalue weighted by Crippen LogP contribution is 2.18. The van der Waals surface area contributed by atoms with Gasteiger partial charge in [-0.05, 0) is 33.0 Å². The molecule has 0 aromatic rings. The van der Waals surface area contributed by atoms with Gasteiger partial charge in [0.15, 0.2) is 0 Å². The first-order valence-electron chi connectivity index (χ1n) is 6.57. The standard InChI is InChI=1S/C13H27N3O/c1-10(2)12(8-14-3)13(17)16(5)11-6-7-15(4)9-11/h10-12,14H,6-9H2,1-5H3. The molecule has 1 aliphatic heterocycles. The summed E-state index contributed by atoms with van der Waals surface area (Å²) in [6.07, 6.45) is 1.10. The van der Waals surface area contributed by atoms with Crippen LogP contribution in [-0.4, -0.2) is 62.5 Å². The van der Waals surface area contributed by atoms with E-state index in [1.807, 2.05) is 19.0 Å². The molecule has 0 aromatic carbocycles. The number of carbonyl (C=O) groups is 1. The normalized spacial score (nSPS) is 23.1. The number of hydrogen-bond donors (Lipinski definition) is 1. The zero-order chi connectivity index (χ0) is 13.0. The predicted octanol–water partition coefficient (Wildman–Crippen LogP) is 0.641. The fourth-order valence-electron chi connectivity index (χ4n) is 2.50. The smallest absolute Gasteiger partial charge is 0.227 e. The molecule has 0 radical (unpaired) electrons. The molecule has 1 N–H and O–H groups in total. The quantitative estimate of drug-likeness (QED) is 0.767. The third-order valence-electron chi connectivity index (χ3n) is 3.81. The Morgan fingerprint density at radius 1 is 1.53 bits per heavy atom. The number of nitrogens with zero attached hydrogens (tertiary/aromatic N) is 2. The van der Waals surface area contributed by atoms with E-state index in [4.69, 9.17) is 0 Å². The van der Waals surface area contributed by atoms with Crippen LogP contribution in [0.3, 0.4) is 0 Å². The average molecular weight is 241 g/mol. The van der Waals surface area contributed by atoms with Gasteiger partial charge < -0.3 is 15.1 Å². The van der Waals surface area contributed by atoms with Gasteiger partial charge in [0.1, 0.15) is 0 Å². The molecule has 4 nitrogen and oxygen atoms in total. The lowest BCUT2D eigenvalue weighted by Gasteiger charge is -2.30. The second kappa shape index (κ2) is 6.36. The van der Waals surface area contributed by atoms with Crippen LogP contribution in [0.2, 0.25) is 0 Å². The maximum Gasteiger partial charge on any atom is 0.227 e. The first kappa shape index (κ1) is 14.5. The lowest BCUT2D eigenvalue weighted by atomic mass is 9.93. The fraction of sp³-hybridized carbons (Fsp3) is 0.923. The van der Waals surface area contributed by atoms with Crippen molar-refractivity contribution in [3.05, 3.63) is 0 Å². The van der Waals surface area contributed by atoms with Crippen LogP contribution in [0, 0.1) is 11.8 Å². The van der Waals surface area contributed by atoms with Gasteiger partial charge in [0.2, 0.25) is 5.91 Å². The van der Waals surface area contributed by atoms with E-state index >= 15 is 0 Å². The first-order valence-corrected chi connectivity index (χ1v) is 6.57. The van der Waals surface area contributed by atoms with Crippen LogP contribution in [0.5, 0.6) is 0 Å². The van der Waals surface area contributed by atoms with Gasteiger partial charge in [-0.15, -0.1) is 0 Å². The van der Waals surface area contributed by atoms with Crippen molar-refractivity contribution in [1.82, 2.24) is 15.1 Å². The molecule has 4 heteroatoms. The third-order valence-corrected chi connectivity index (χ3v) is 3.81. The van der Waals surface area contributed by atoms with Crippen molar-refractivity contribution in [3.8, 4) is 0 Å². The number of hydrogen-bond acceptors (Lipinski definition) is 3. The first-order chi connectivity index (χ1) is 7.97. The highest BCUT2D eigenvalue weighted by molar-refractivity contribution is 5.79. The molecule has 0 bridgehead atoms. The molecule has 0 aromatic heterocycles. The molecule has 1 aliphatic rings. The number of likely N-dealkylation sites (N-methyl/N-ethyl adjacent to an activating group) is 2. The van der Waals surface area contributed by atoms with Gasteiger partial charge >= 0.3 is 0 Å². The second-order valence-electron chi connectivity index (χ2n) is 5.56. The predicted molar refractivity (Wildman–Crippen MR) is 70.9 cm³/mol. The van der Waals surface area contributed by atoms with Crippen molar-refractivity contribution in [2.75, 3.05) is 40.8 Å². The Kier molecular flexibility index (Phi) is 5.40.